The largest absolute Gasteiger partial charge is 0.369 e. The second-order valence-corrected chi connectivity index (χ2v) is 6.54. The molecule has 2 aromatic rings. The predicted octanol–water partition coefficient (Wildman–Crippen LogP) is 1.57. The summed E-state index contributed by atoms with van der Waals surface area (Å²) >= 11 is 0. The van der Waals surface area contributed by atoms with E-state index in [0.717, 1.165) is 19.4 Å². The summed E-state index contributed by atoms with van der Waals surface area (Å²) in [6, 6.07) is 3.19. The van der Waals surface area contributed by atoms with E-state index in [0.29, 0.717) is 12.4 Å². The van der Waals surface area contributed by atoms with Crippen LogP contribution in [-0.2, 0) is 16.4 Å². The lowest BCUT2D eigenvalue weighted by Crippen LogP contribution is -2.09. The van der Waals surface area contributed by atoms with Crippen LogP contribution in [0, 0.1) is 0 Å². The third kappa shape index (κ3) is 4.06. The maximum Gasteiger partial charge on any atom is 0.179 e. The number of aryl methyl sites for hydroxylation is 1. The summed E-state index contributed by atoms with van der Waals surface area (Å²) in [4.78, 5) is 8.31. The summed E-state index contributed by atoms with van der Waals surface area (Å²) in [5.41, 5.74) is 0. The van der Waals surface area contributed by atoms with Gasteiger partial charge in [-0.1, -0.05) is 0 Å². The van der Waals surface area contributed by atoms with E-state index in [1.807, 2.05) is 10.8 Å². The van der Waals surface area contributed by atoms with Crippen LogP contribution in [0.4, 0.5) is 5.82 Å². The van der Waals surface area contributed by atoms with Crippen molar-refractivity contribution >= 4 is 15.7 Å². The first-order valence-corrected chi connectivity index (χ1v) is 8.31. The lowest BCUT2D eigenvalue weighted by molar-refractivity contribution is 0.601. The third-order valence-corrected chi connectivity index (χ3v) is 3.99. The fraction of sp³-hybridized carbons (Fsp3) is 0.385. The van der Waals surface area contributed by atoms with E-state index < -0.39 is 9.84 Å². The van der Waals surface area contributed by atoms with E-state index in [-0.39, 0.29) is 4.90 Å². The highest BCUT2D eigenvalue weighted by Crippen LogP contribution is 2.17. The molecule has 0 aliphatic rings. The smallest absolute Gasteiger partial charge is 0.179 e. The number of anilines is 1. The molecule has 0 amide bonds. The van der Waals surface area contributed by atoms with Gasteiger partial charge >= 0.3 is 0 Å². The Hall–Kier alpha value is -1.89. The Kier molecular flexibility index (Phi) is 4.73. The molecule has 20 heavy (non-hydrogen) atoms. The molecule has 0 spiro atoms. The zero-order chi connectivity index (χ0) is 14.4. The number of aromatic nitrogens is 3. The zero-order valence-corrected chi connectivity index (χ0v) is 12.2. The number of unbranched alkanes of at least 4 members (excludes halogenated alkanes) is 1. The second-order valence-electron chi connectivity index (χ2n) is 4.56. The number of imidazole rings is 1. The summed E-state index contributed by atoms with van der Waals surface area (Å²) in [6.07, 6.45) is 10.2. The monoisotopic (exact) mass is 294 g/mol. The van der Waals surface area contributed by atoms with Gasteiger partial charge in [0.2, 0.25) is 0 Å². The van der Waals surface area contributed by atoms with Crippen LogP contribution in [0.2, 0.25) is 0 Å². The molecule has 1 N–H and O–H groups in total. The van der Waals surface area contributed by atoms with Gasteiger partial charge in [-0.3, -0.25) is 0 Å². The summed E-state index contributed by atoms with van der Waals surface area (Å²) in [7, 11) is -3.25. The van der Waals surface area contributed by atoms with Gasteiger partial charge in [0.05, 0.1) is 6.33 Å². The molecule has 0 aromatic carbocycles. The van der Waals surface area contributed by atoms with Crippen LogP contribution in [-0.4, -0.2) is 35.8 Å². The van der Waals surface area contributed by atoms with Crippen molar-refractivity contribution in [3.8, 4) is 0 Å². The highest BCUT2D eigenvalue weighted by molar-refractivity contribution is 7.90. The summed E-state index contributed by atoms with van der Waals surface area (Å²) in [5.74, 6) is 0.428. The van der Waals surface area contributed by atoms with Gasteiger partial charge in [0.1, 0.15) is 10.7 Å². The topological polar surface area (TPSA) is 76.9 Å². The highest BCUT2D eigenvalue weighted by atomic mass is 32.2. The number of nitrogens with zero attached hydrogens (tertiary/aromatic N) is 3. The molecule has 0 aliphatic carbocycles. The van der Waals surface area contributed by atoms with Crippen LogP contribution in [0.5, 0.6) is 0 Å². The van der Waals surface area contributed by atoms with Gasteiger partial charge in [0.25, 0.3) is 0 Å². The molecule has 2 rings (SSSR count). The lowest BCUT2D eigenvalue weighted by Gasteiger charge is -2.09. The van der Waals surface area contributed by atoms with Crippen molar-refractivity contribution < 1.29 is 8.42 Å². The van der Waals surface area contributed by atoms with E-state index in [9.17, 15) is 8.42 Å². The number of sulfone groups is 1. The van der Waals surface area contributed by atoms with Crippen molar-refractivity contribution in [2.75, 3.05) is 18.1 Å². The molecule has 2 heterocycles. The summed E-state index contributed by atoms with van der Waals surface area (Å²) in [5, 5.41) is 3.08. The van der Waals surface area contributed by atoms with Gasteiger partial charge in [-0.15, -0.1) is 0 Å². The van der Waals surface area contributed by atoms with Gasteiger partial charge in [-0.25, -0.2) is 18.4 Å². The molecule has 0 unspecified atom stereocenters. The molecule has 2 aromatic heterocycles. The standard InChI is InChI=1S/C13H18N4O2S/c1-20(18,19)12-5-4-7-16-13(12)15-6-2-3-9-17-10-8-14-11-17/h4-5,7-8,10-11H,2-3,6,9H2,1H3,(H,15,16). The van der Waals surface area contributed by atoms with Gasteiger partial charge in [0, 0.05) is 37.9 Å². The zero-order valence-electron chi connectivity index (χ0n) is 11.4. The van der Waals surface area contributed by atoms with Gasteiger partial charge in [0.15, 0.2) is 9.84 Å². The number of rotatable bonds is 7. The normalized spacial score (nSPS) is 11.4. The molecule has 0 atom stereocenters. The maximum atomic E-state index is 11.6. The van der Waals surface area contributed by atoms with Gasteiger partial charge in [-0.2, -0.15) is 0 Å². The molecular weight excluding hydrogens is 276 g/mol. The molecule has 7 heteroatoms. The fourth-order valence-corrected chi connectivity index (χ4v) is 2.67. The van der Waals surface area contributed by atoms with Crippen LogP contribution >= 0.6 is 0 Å². The second kappa shape index (κ2) is 6.51. The first kappa shape index (κ1) is 14.5. The number of hydrogen-bond acceptors (Lipinski definition) is 5. The van der Waals surface area contributed by atoms with Gasteiger partial charge < -0.3 is 9.88 Å². The van der Waals surface area contributed by atoms with Crippen molar-refractivity contribution in [1.82, 2.24) is 14.5 Å². The Morgan fingerprint density at radius 2 is 2.15 bits per heavy atom. The van der Waals surface area contributed by atoms with E-state index in [4.69, 9.17) is 0 Å². The molecule has 108 valence electrons. The molecule has 6 nitrogen and oxygen atoms in total. The van der Waals surface area contributed by atoms with Crippen LogP contribution in [0.15, 0.2) is 41.9 Å². The van der Waals surface area contributed by atoms with Crippen LogP contribution in [0.3, 0.4) is 0 Å². The molecule has 0 aliphatic heterocycles. The van der Waals surface area contributed by atoms with Crippen LogP contribution < -0.4 is 5.32 Å². The first-order chi connectivity index (χ1) is 9.57. The first-order valence-electron chi connectivity index (χ1n) is 6.42. The number of pyridine rings is 1. The lowest BCUT2D eigenvalue weighted by atomic mass is 10.3. The average Bonchev–Trinajstić information content (AvgIpc) is 2.91. The fourth-order valence-electron chi connectivity index (χ4n) is 1.87. The number of nitrogens with one attached hydrogen (secondary N) is 1. The number of hydrogen-bond donors (Lipinski definition) is 1. The molecule has 0 fully saturated rings. The summed E-state index contributed by atoms with van der Waals surface area (Å²) in [6.45, 7) is 1.59. The minimum atomic E-state index is -3.25. The molecular formula is C13H18N4O2S. The summed E-state index contributed by atoms with van der Waals surface area (Å²) < 4.78 is 25.2. The Morgan fingerprint density at radius 1 is 1.30 bits per heavy atom. The van der Waals surface area contributed by atoms with Crippen LogP contribution in [0.25, 0.3) is 0 Å². The SMILES string of the molecule is CS(=O)(=O)c1cccnc1NCCCCn1ccnc1. The molecule has 0 saturated heterocycles. The predicted molar refractivity (Wildman–Crippen MR) is 77.3 cm³/mol. The quantitative estimate of drug-likeness (QED) is 0.784. The van der Waals surface area contributed by atoms with E-state index in [1.165, 1.54) is 6.26 Å². The van der Waals surface area contributed by atoms with Crippen LogP contribution in [0.1, 0.15) is 12.8 Å². The third-order valence-electron chi connectivity index (χ3n) is 2.86. The minimum absolute atomic E-state index is 0.245. The van der Waals surface area contributed by atoms with E-state index in [2.05, 4.69) is 15.3 Å². The van der Waals surface area contributed by atoms with E-state index in [1.54, 1.807) is 30.9 Å². The average molecular weight is 294 g/mol. The van der Waals surface area contributed by atoms with Crippen molar-refractivity contribution in [1.29, 1.82) is 0 Å². The Morgan fingerprint density at radius 3 is 2.85 bits per heavy atom. The Balaban J connectivity index is 1.82. The Labute approximate surface area is 118 Å². The maximum absolute atomic E-state index is 11.6. The van der Waals surface area contributed by atoms with Crippen molar-refractivity contribution in [2.24, 2.45) is 0 Å². The van der Waals surface area contributed by atoms with Crippen molar-refractivity contribution in [3.05, 3.63) is 37.1 Å². The molecule has 0 bridgehead atoms. The van der Waals surface area contributed by atoms with Crippen molar-refractivity contribution in [2.45, 2.75) is 24.3 Å². The molecule has 0 radical (unpaired) electrons. The van der Waals surface area contributed by atoms with Crippen molar-refractivity contribution in [3.63, 3.8) is 0 Å². The Bertz CT molecular complexity index is 638. The van der Waals surface area contributed by atoms with Gasteiger partial charge in [-0.05, 0) is 25.0 Å². The van der Waals surface area contributed by atoms with E-state index >= 15 is 0 Å². The molecule has 0 saturated carbocycles. The highest BCUT2D eigenvalue weighted by Gasteiger charge is 2.13. The minimum Gasteiger partial charge on any atom is -0.369 e.